The summed E-state index contributed by atoms with van der Waals surface area (Å²) in [6.45, 7) is 2.30. The Morgan fingerprint density at radius 3 is 2.25 bits per heavy atom. The van der Waals surface area contributed by atoms with Crippen LogP contribution in [0.2, 0.25) is 5.02 Å². The van der Waals surface area contributed by atoms with E-state index in [2.05, 4.69) is 11.0 Å². The molecule has 1 aromatic heterocycles. The first-order chi connectivity index (χ1) is 17.3. The first-order valence-electron chi connectivity index (χ1n) is 11.0. The number of piperazine rings is 1. The summed E-state index contributed by atoms with van der Waals surface area (Å²) in [5, 5.41) is 34.2. The molecule has 0 amide bonds. The van der Waals surface area contributed by atoms with Crippen LogP contribution < -0.4 is 19.0 Å². The van der Waals surface area contributed by atoms with Crippen LogP contribution in [0.25, 0.3) is 22.1 Å². The number of halogens is 1. The van der Waals surface area contributed by atoms with Gasteiger partial charge in [0.25, 0.3) is 16.7 Å². The number of benzene rings is 3. The van der Waals surface area contributed by atoms with Crippen molar-refractivity contribution < 1.29 is 14.1 Å². The van der Waals surface area contributed by atoms with Crippen LogP contribution in [0.3, 0.4) is 0 Å². The van der Waals surface area contributed by atoms with Gasteiger partial charge in [0.05, 0.1) is 38.8 Å². The number of hydrogen-bond acceptors (Lipinski definition) is 8. The molecule has 0 bridgehead atoms. The van der Waals surface area contributed by atoms with Gasteiger partial charge in [0, 0.05) is 55.0 Å². The van der Waals surface area contributed by atoms with Crippen molar-refractivity contribution in [2.75, 3.05) is 43.1 Å². The van der Waals surface area contributed by atoms with E-state index in [-0.39, 0.29) is 44.1 Å². The summed E-state index contributed by atoms with van der Waals surface area (Å²) in [6, 6.07) is 14.3. The molecular formula is C24H19ClN6O5. The molecule has 1 aliphatic rings. The second kappa shape index (κ2) is 8.90. The zero-order valence-electron chi connectivity index (χ0n) is 19.0. The number of nitro benzene ring substituents is 1. The molecule has 11 nitrogen and oxygen atoms in total. The van der Waals surface area contributed by atoms with Gasteiger partial charge in [-0.1, -0.05) is 11.6 Å². The molecule has 182 valence electrons. The van der Waals surface area contributed by atoms with E-state index in [1.807, 2.05) is 4.90 Å². The predicted molar refractivity (Wildman–Crippen MR) is 135 cm³/mol. The second-order valence-corrected chi connectivity index (χ2v) is 8.69. The maximum atomic E-state index is 13.2. The van der Waals surface area contributed by atoms with Crippen molar-refractivity contribution in [3.63, 3.8) is 0 Å². The van der Waals surface area contributed by atoms with Crippen molar-refractivity contribution in [2.45, 2.75) is 0 Å². The van der Waals surface area contributed by atoms with Gasteiger partial charge in [-0.25, -0.2) is 0 Å². The van der Waals surface area contributed by atoms with Gasteiger partial charge in [0.2, 0.25) is 0 Å². The minimum atomic E-state index is -0.438. The molecule has 0 spiro atoms. The van der Waals surface area contributed by atoms with Crippen LogP contribution in [0.15, 0.2) is 48.5 Å². The van der Waals surface area contributed by atoms with Crippen LogP contribution in [-0.2, 0) is 0 Å². The van der Waals surface area contributed by atoms with Gasteiger partial charge in [0.15, 0.2) is 0 Å². The molecule has 3 aromatic carbocycles. The fraction of sp³-hybridized carbons (Fsp3) is 0.208. The molecule has 12 heteroatoms. The minimum Gasteiger partial charge on any atom is -0.805 e. The average molecular weight is 507 g/mol. The summed E-state index contributed by atoms with van der Waals surface area (Å²) >= 11 is 6.19. The van der Waals surface area contributed by atoms with Gasteiger partial charge in [-0.15, -0.1) is 0 Å². The molecule has 1 fully saturated rings. The van der Waals surface area contributed by atoms with Gasteiger partial charge in [-0.2, -0.15) is 5.26 Å². The summed E-state index contributed by atoms with van der Waals surface area (Å²) in [5.41, 5.74) is 2.06. The molecule has 0 atom stereocenters. The number of nitro groups is 1. The minimum absolute atomic E-state index is 0.0287. The summed E-state index contributed by atoms with van der Waals surface area (Å²) in [6.07, 6.45) is 0. The maximum absolute atomic E-state index is 13.2. The number of aromatic nitrogens is 2. The molecule has 5 rings (SSSR count). The lowest BCUT2D eigenvalue weighted by Gasteiger charge is -2.37. The van der Waals surface area contributed by atoms with E-state index in [0.717, 1.165) is 5.69 Å². The van der Waals surface area contributed by atoms with E-state index >= 15 is 0 Å². The van der Waals surface area contributed by atoms with E-state index in [1.165, 1.54) is 37.4 Å². The lowest BCUT2D eigenvalue weighted by Crippen LogP contribution is -2.46. The van der Waals surface area contributed by atoms with Gasteiger partial charge >= 0.3 is 0 Å². The van der Waals surface area contributed by atoms with Gasteiger partial charge in [0.1, 0.15) is 22.9 Å². The normalized spacial score (nSPS) is 13.7. The second-order valence-electron chi connectivity index (χ2n) is 8.28. The highest BCUT2D eigenvalue weighted by Gasteiger charge is 2.25. The highest BCUT2D eigenvalue weighted by molar-refractivity contribution is 6.32. The molecular weight excluding hydrogens is 488 g/mol. The van der Waals surface area contributed by atoms with Crippen molar-refractivity contribution in [1.29, 1.82) is 5.26 Å². The highest BCUT2D eigenvalue weighted by atomic mass is 35.5. The van der Waals surface area contributed by atoms with Crippen LogP contribution >= 0.6 is 11.6 Å². The van der Waals surface area contributed by atoms with Crippen molar-refractivity contribution >= 4 is 50.7 Å². The smallest absolute Gasteiger partial charge is 0.290 e. The van der Waals surface area contributed by atoms with Crippen molar-refractivity contribution in [1.82, 2.24) is 4.73 Å². The molecule has 1 saturated heterocycles. The summed E-state index contributed by atoms with van der Waals surface area (Å²) < 4.78 is 6.42. The Labute approximate surface area is 209 Å². The Hall–Kier alpha value is -4.56. The Kier molecular flexibility index (Phi) is 5.74. The fourth-order valence-electron chi connectivity index (χ4n) is 4.51. The third-order valence-corrected chi connectivity index (χ3v) is 6.68. The van der Waals surface area contributed by atoms with E-state index in [4.69, 9.17) is 16.3 Å². The van der Waals surface area contributed by atoms with Gasteiger partial charge in [-0.05, 0) is 24.3 Å². The molecule has 0 unspecified atom stereocenters. The van der Waals surface area contributed by atoms with Crippen molar-refractivity contribution in [2.24, 2.45) is 0 Å². The van der Waals surface area contributed by atoms with E-state index < -0.39 is 4.92 Å². The lowest BCUT2D eigenvalue weighted by atomic mass is 10.1. The van der Waals surface area contributed by atoms with E-state index in [1.54, 1.807) is 18.2 Å². The number of rotatable bonds is 4. The Bertz CT molecular complexity index is 1620. The summed E-state index contributed by atoms with van der Waals surface area (Å²) in [5.74, 6) is 0.260. The molecule has 4 aromatic rings. The average Bonchev–Trinajstić information content (AvgIpc) is 2.91. The molecule has 2 heterocycles. The number of nitrogens with zero attached hydrogens (tertiary/aromatic N) is 6. The van der Waals surface area contributed by atoms with Crippen molar-refractivity contribution in [3.8, 4) is 11.8 Å². The first kappa shape index (κ1) is 23.2. The molecule has 0 aliphatic carbocycles. The third-order valence-electron chi connectivity index (χ3n) is 6.38. The largest absolute Gasteiger partial charge is 0.805 e. The van der Waals surface area contributed by atoms with Crippen LogP contribution in [-0.4, -0.2) is 42.9 Å². The lowest BCUT2D eigenvalue weighted by molar-refractivity contribution is -0.432. The SMILES string of the molecule is COc1cc2c(cc1Cl)n([O-])c1cc(N3CCN(c4ccc([N+](=O)[O-])cc4)CC3)c(C#N)cc1[n+]2=O. The number of fused-ring (bicyclic) bond motifs is 2. The number of anilines is 2. The van der Waals surface area contributed by atoms with Crippen molar-refractivity contribution in [3.05, 3.63) is 79.3 Å². The highest BCUT2D eigenvalue weighted by Crippen LogP contribution is 2.32. The Morgan fingerprint density at radius 2 is 1.64 bits per heavy atom. The molecule has 36 heavy (non-hydrogen) atoms. The standard InChI is InChI=1S/C24H19ClN6O5/c1-36-24-13-23-21(11-18(24)25)30(33)22-12-19(15(14-26)10-20(22)29(23)32)28-8-6-27(7-9-28)16-2-4-17(5-3-16)31(34)35/h2-5,10-13H,6-9H2,1H3. The topological polar surface area (TPSA) is 134 Å². The number of hydrogen-bond donors (Lipinski definition) is 0. The predicted octanol–water partition coefficient (Wildman–Crippen LogP) is 3.82. The zero-order valence-corrected chi connectivity index (χ0v) is 19.8. The van der Waals surface area contributed by atoms with Crippen LogP contribution in [0.4, 0.5) is 17.1 Å². The first-order valence-corrected chi connectivity index (χ1v) is 11.3. The maximum Gasteiger partial charge on any atom is 0.290 e. The summed E-state index contributed by atoms with van der Waals surface area (Å²) in [7, 11) is 1.41. The molecule has 1 aliphatic heterocycles. The van der Waals surface area contributed by atoms with E-state index in [9.17, 15) is 25.5 Å². The fourth-order valence-corrected chi connectivity index (χ4v) is 4.74. The number of non-ortho nitro benzene ring substituents is 1. The van der Waals surface area contributed by atoms with Crippen LogP contribution in [0, 0.1) is 31.6 Å². The third kappa shape index (κ3) is 3.77. The monoisotopic (exact) mass is 506 g/mol. The molecule has 0 N–H and O–H groups in total. The zero-order chi connectivity index (χ0) is 25.6. The number of nitriles is 1. The Balaban J connectivity index is 1.51. The molecule has 0 saturated carbocycles. The number of methoxy groups -OCH3 is 1. The summed E-state index contributed by atoms with van der Waals surface area (Å²) in [4.78, 5) is 27.7. The quantitative estimate of drug-likeness (QED) is 0.176. The number of ether oxygens (including phenoxy) is 1. The van der Waals surface area contributed by atoms with Crippen LogP contribution in [0.5, 0.6) is 5.75 Å². The molecule has 0 radical (unpaired) electrons. The Morgan fingerprint density at radius 1 is 1.03 bits per heavy atom. The van der Waals surface area contributed by atoms with Crippen LogP contribution in [0.1, 0.15) is 5.56 Å². The van der Waals surface area contributed by atoms with Gasteiger partial charge in [-0.3, -0.25) is 10.1 Å². The van der Waals surface area contributed by atoms with Gasteiger partial charge < -0.3 is 24.5 Å². The van der Waals surface area contributed by atoms with E-state index in [0.29, 0.717) is 41.0 Å².